The fourth-order valence-corrected chi connectivity index (χ4v) is 4.09. The van der Waals surface area contributed by atoms with Crippen molar-refractivity contribution in [3.8, 4) is 0 Å². The van der Waals surface area contributed by atoms with Gasteiger partial charge in [-0.3, -0.25) is 4.90 Å². The summed E-state index contributed by atoms with van der Waals surface area (Å²) < 4.78 is 28.8. The van der Waals surface area contributed by atoms with E-state index in [1.165, 1.54) is 24.5 Å². The van der Waals surface area contributed by atoms with Gasteiger partial charge >= 0.3 is 0 Å². The van der Waals surface area contributed by atoms with E-state index < -0.39 is 10.0 Å². The number of imidazole rings is 1. The van der Waals surface area contributed by atoms with Crippen LogP contribution in [0.3, 0.4) is 0 Å². The lowest BCUT2D eigenvalue weighted by molar-refractivity contribution is 0.120. The van der Waals surface area contributed by atoms with E-state index in [9.17, 15) is 8.42 Å². The Labute approximate surface area is 128 Å². The van der Waals surface area contributed by atoms with Gasteiger partial charge in [0.15, 0.2) is 5.03 Å². The molecule has 1 aliphatic heterocycles. The maximum atomic E-state index is 12.2. The molecule has 1 fully saturated rings. The van der Waals surface area contributed by atoms with Crippen molar-refractivity contribution < 1.29 is 8.42 Å². The molecule has 1 atom stereocenters. The van der Waals surface area contributed by atoms with E-state index in [1.807, 2.05) is 5.38 Å². The summed E-state index contributed by atoms with van der Waals surface area (Å²) in [5, 5.41) is 4.17. The molecule has 0 saturated carbocycles. The topological polar surface area (TPSA) is 67.2 Å². The van der Waals surface area contributed by atoms with Crippen molar-refractivity contribution in [2.24, 2.45) is 7.05 Å². The lowest BCUT2D eigenvalue weighted by Crippen LogP contribution is -2.45. The van der Waals surface area contributed by atoms with Crippen LogP contribution >= 0.6 is 11.3 Å². The predicted molar refractivity (Wildman–Crippen MR) is 81.6 cm³/mol. The number of aromatic nitrogens is 2. The number of thiophene rings is 1. The number of hydrogen-bond donors (Lipinski definition) is 1. The van der Waals surface area contributed by atoms with E-state index >= 15 is 0 Å². The zero-order valence-electron chi connectivity index (χ0n) is 11.8. The molecular weight excluding hydrogens is 308 g/mol. The van der Waals surface area contributed by atoms with Crippen LogP contribution in [-0.4, -0.2) is 42.5 Å². The Morgan fingerprint density at radius 3 is 2.81 bits per heavy atom. The molecule has 6 nitrogen and oxygen atoms in total. The molecule has 0 unspecified atom stereocenters. The van der Waals surface area contributed by atoms with E-state index in [4.69, 9.17) is 0 Å². The average molecular weight is 326 g/mol. The molecule has 21 heavy (non-hydrogen) atoms. The molecule has 0 spiro atoms. The second-order valence-corrected chi connectivity index (χ2v) is 7.69. The third-order valence-corrected chi connectivity index (χ3v) is 5.69. The van der Waals surface area contributed by atoms with Gasteiger partial charge in [0.1, 0.15) is 0 Å². The second-order valence-electron chi connectivity index (χ2n) is 5.19. The summed E-state index contributed by atoms with van der Waals surface area (Å²) in [6.45, 7) is 2.41. The Morgan fingerprint density at radius 1 is 1.48 bits per heavy atom. The minimum atomic E-state index is -3.55. The number of nitrogens with one attached hydrogen (secondary N) is 1. The van der Waals surface area contributed by atoms with Gasteiger partial charge in [0.2, 0.25) is 0 Å². The molecule has 1 N–H and O–H groups in total. The van der Waals surface area contributed by atoms with Crippen molar-refractivity contribution >= 4 is 21.4 Å². The monoisotopic (exact) mass is 326 g/mol. The Bertz CT molecular complexity index is 690. The zero-order chi connectivity index (χ0) is 14.9. The maximum absolute atomic E-state index is 12.2. The van der Waals surface area contributed by atoms with Crippen LogP contribution in [0.15, 0.2) is 34.4 Å². The molecule has 3 rings (SSSR count). The van der Waals surface area contributed by atoms with Gasteiger partial charge in [-0.25, -0.2) is 18.1 Å². The van der Waals surface area contributed by atoms with Gasteiger partial charge < -0.3 is 4.57 Å². The summed E-state index contributed by atoms with van der Waals surface area (Å²) in [4.78, 5) is 6.20. The normalized spacial score (nSPS) is 17.6. The predicted octanol–water partition coefficient (Wildman–Crippen LogP) is 1.21. The fraction of sp³-hybridized carbons (Fsp3) is 0.462. The van der Waals surface area contributed by atoms with Crippen LogP contribution in [0.25, 0.3) is 0 Å². The summed E-state index contributed by atoms with van der Waals surface area (Å²) in [7, 11) is -1.80. The van der Waals surface area contributed by atoms with Crippen molar-refractivity contribution in [2.45, 2.75) is 17.5 Å². The van der Waals surface area contributed by atoms with E-state index in [2.05, 4.69) is 26.1 Å². The molecule has 0 amide bonds. The maximum Gasteiger partial charge on any atom is 0.259 e. The summed E-state index contributed by atoms with van der Waals surface area (Å²) in [6, 6.07) is 2.16. The molecule has 3 heterocycles. The highest BCUT2D eigenvalue weighted by Gasteiger charge is 2.27. The first-order valence-corrected chi connectivity index (χ1v) is 9.22. The van der Waals surface area contributed by atoms with Gasteiger partial charge in [-0.05, 0) is 28.8 Å². The first-order chi connectivity index (χ1) is 10.1. The summed E-state index contributed by atoms with van der Waals surface area (Å²) in [6.07, 6.45) is 4.17. The smallest absolute Gasteiger partial charge is 0.259 e. The molecule has 2 aromatic rings. The SMILES string of the molecule is Cn1cnc(S(=O)(=O)NC[C@H](c2ccsc2)N2CCC2)c1. The van der Waals surface area contributed by atoms with E-state index in [-0.39, 0.29) is 11.1 Å². The highest BCUT2D eigenvalue weighted by molar-refractivity contribution is 7.89. The van der Waals surface area contributed by atoms with Crippen LogP contribution in [-0.2, 0) is 17.1 Å². The van der Waals surface area contributed by atoms with E-state index in [0.717, 1.165) is 13.1 Å². The number of sulfonamides is 1. The molecule has 0 radical (unpaired) electrons. The van der Waals surface area contributed by atoms with Gasteiger partial charge in [0.25, 0.3) is 10.0 Å². The van der Waals surface area contributed by atoms with Crippen LogP contribution < -0.4 is 4.72 Å². The highest BCUT2D eigenvalue weighted by Crippen LogP contribution is 2.27. The Balaban J connectivity index is 1.72. The molecule has 2 aromatic heterocycles. The van der Waals surface area contributed by atoms with Gasteiger partial charge in [0.05, 0.1) is 6.33 Å². The molecule has 114 valence electrons. The first kappa shape index (κ1) is 14.7. The molecular formula is C13H18N4O2S2. The lowest BCUT2D eigenvalue weighted by Gasteiger charge is -2.38. The number of aryl methyl sites for hydroxylation is 1. The average Bonchev–Trinajstić information content (AvgIpc) is 3.02. The van der Waals surface area contributed by atoms with Crippen LogP contribution in [0.4, 0.5) is 0 Å². The standard InChI is InChI=1S/C13H18N4O2S2/c1-16-8-13(14-10-16)21(18,19)15-7-12(17-4-2-5-17)11-3-6-20-9-11/h3,6,8-10,12,15H,2,4-5,7H2,1H3/t12-/m1/s1. The van der Waals surface area contributed by atoms with Gasteiger partial charge in [-0.1, -0.05) is 0 Å². The fourth-order valence-electron chi connectivity index (χ4n) is 2.36. The quantitative estimate of drug-likeness (QED) is 0.866. The van der Waals surface area contributed by atoms with Crippen molar-refractivity contribution in [1.29, 1.82) is 0 Å². The molecule has 0 aromatic carbocycles. The van der Waals surface area contributed by atoms with E-state index in [1.54, 1.807) is 23.0 Å². The van der Waals surface area contributed by atoms with Crippen LogP contribution in [0, 0.1) is 0 Å². The van der Waals surface area contributed by atoms with Gasteiger partial charge in [-0.15, -0.1) is 0 Å². The largest absolute Gasteiger partial charge is 0.339 e. The van der Waals surface area contributed by atoms with E-state index in [0.29, 0.717) is 6.54 Å². The summed E-state index contributed by atoms with van der Waals surface area (Å²) in [5.41, 5.74) is 1.17. The zero-order valence-corrected chi connectivity index (χ0v) is 13.4. The van der Waals surface area contributed by atoms with Gasteiger partial charge in [0, 0.05) is 38.9 Å². The van der Waals surface area contributed by atoms with Crippen LogP contribution in [0.2, 0.25) is 0 Å². The Morgan fingerprint density at radius 2 is 2.29 bits per heavy atom. The van der Waals surface area contributed by atoms with Crippen molar-refractivity contribution in [2.75, 3.05) is 19.6 Å². The third kappa shape index (κ3) is 3.18. The van der Waals surface area contributed by atoms with Gasteiger partial charge in [-0.2, -0.15) is 11.3 Å². The Hall–Kier alpha value is -1.22. The van der Waals surface area contributed by atoms with Crippen LogP contribution in [0.5, 0.6) is 0 Å². The third-order valence-electron chi connectivity index (χ3n) is 3.68. The van der Waals surface area contributed by atoms with Crippen molar-refractivity contribution in [3.63, 3.8) is 0 Å². The van der Waals surface area contributed by atoms with Crippen molar-refractivity contribution in [1.82, 2.24) is 19.2 Å². The lowest BCUT2D eigenvalue weighted by atomic mass is 10.1. The summed E-state index contributed by atoms with van der Waals surface area (Å²) in [5.74, 6) is 0. The molecule has 8 heteroatoms. The number of nitrogens with zero attached hydrogens (tertiary/aromatic N) is 3. The molecule has 0 bridgehead atoms. The minimum absolute atomic E-state index is 0.0673. The summed E-state index contributed by atoms with van der Waals surface area (Å²) >= 11 is 1.63. The Kier molecular flexibility index (Phi) is 4.12. The first-order valence-electron chi connectivity index (χ1n) is 6.80. The number of likely N-dealkylation sites (tertiary alicyclic amines) is 1. The molecule has 0 aliphatic carbocycles. The minimum Gasteiger partial charge on any atom is -0.339 e. The number of hydrogen-bond acceptors (Lipinski definition) is 5. The molecule has 1 saturated heterocycles. The van der Waals surface area contributed by atoms with Crippen LogP contribution in [0.1, 0.15) is 18.0 Å². The molecule has 1 aliphatic rings. The number of rotatable bonds is 6. The second kappa shape index (κ2) is 5.88. The van der Waals surface area contributed by atoms with Crippen molar-refractivity contribution in [3.05, 3.63) is 34.9 Å². The highest BCUT2D eigenvalue weighted by atomic mass is 32.2.